The third kappa shape index (κ3) is 6.38. The minimum Gasteiger partial charge on any atom is -0.397 e. The molecule has 45 heavy (non-hydrogen) atoms. The lowest BCUT2D eigenvalue weighted by molar-refractivity contribution is -0.199. The predicted octanol–water partition coefficient (Wildman–Crippen LogP) is 4.61. The Morgan fingerprint density at radius 2 is 1.87 bits per heavy atom. The van der Waals surface area contributed by atoms with Gasteiger partial charge in [-0.15, -0.1) is 0 Å². The highest BCUT2D eigenvalue weighted by Gasteiger charge is 2.57. The number of nitrogens with one attached hydrogen (secondary N) is 1. The van der Waals surface area contributed by atoms with E-state index in [4.69, 9.17) is 25.7 Å². The number of benzene rings is 1. The van der Waals surface area contributed by atoms with Crippen molar-refractivity contribution in [3.8, 4) is 0 Å². The zero-order valence-corrected chi connectivity index (χ0v) is 27.5. The summed E-state index contributed by atoms with van der Waals surface area (Å²) >= 11 is 0. The summed E-state index contributed by atoms with van der Waals surface area (Å²) in [5, 5.41) is 3.01. The van der Waals surface area contributed by atoms with Gasteiger partial charge in [0, 0.05) is 25.0 Å². The number of aromatic nitrogens is 4. The molecule has 1 aliphatic carbocycles. The van der Waals surface area contributed by atoms with Crippen LogP contribution in [0.3, 0.4) is 0 Å². The van der Waals surface area contributed by atoms with E-state index in [0.717, 1.165) is 24.8 Å². The highest BCUT2D eigenvalue weighted by molar-refractivity contribution is 5.93. The van der Waals surface area contributed by atoms with Crippen molar-refractivity contribution in [2.24, 2.45) is 5.92 Å². The Balaban J connectivity index is 1.06. The van der Waals surface area contributed by atoms with Gasteiger partial charge < -0.3 is 31.0 Å². The van der Waals surface area contributed by atoms with Crippen molar-refractivity contribution in [2.45, 2.75) is 122 Å². The van der Waals surface area contributed by atoms with Gasteiger partial charge >= 0.3 is 0 Å². The van der Waals surface area contributed by atoms with Crippen molar-refractivity contribution < 1.29 is 19.0 Å². The van der Waals surface area contributed by atoms with Crippen molar-refractivity contribution >= 4 is 34.3 Å². The van der Waals surface area contributed by atoms with E-state index < -0.39 is 12.0 Å². The third-order valence-electron chi connectivity index (χ3n) is 9.49. The molecule has 4 atom stereocenters. The molecule has 0 radical (unpaired) electrons. The lowest BCUT2D eigenvalue weighted by Gasteiger charge is -2.46. The van der Waals surface area contributed by atoms with Gasteiger partial charge in [0.2, 0.25) is 5.91 Å². The van der Waals surface area contributed by atoms with Crippen molar-refractivity contribution in [3.63, 3.8) is 0 Å². The van der Waals surface area contributed by atoms with Crippen molar-refractivity contribution in [2.75, 3.05) is 23.3 Å². The van der Waals surface area contributed by atoms with Gasteiger partial charge in [-0.1, -0.05) is 26.8 Å². The summed E-state index contributed by atoms with van der Waals surface area (Å²) in [7, 11) is 0. The summed E-state index contributed by atoms with van der Waals surface area (Å²) in [6.45, 7) is 15.5. The van der Waals surface area contributed by atoms with Gasteiger partial charge in [0.25, 0.3) is 0 Å². The molecule has 6 rings (SSSR count). The number of carbonyl (C=O) groups is 1. The third-order valence-corrected chi connectivity index (χ3v) is 9.49. The summed E-state index contributed by atoms with van der Waals surface area (Å²) in [6.07, 6.45) is 5.32. The van der Waals surface area contributed by atoms with Gasteiger partial charge in [0.1, 0.15) is 30.2 Å². The first-order valence-corrected chi connectivity index (χ1v) is 16.1. The van der Waals surface area contributed by atoms with Gasteiger partial charge in [-0.2, -0.15) is 0 Å². The number of anilines is 3. The van der Waals surface area contributed by atoms with Gasteiger partial charge in [-0.05, 0) is 76.0 Å². The predicted molar refractivity (Wildman–Crippen MR) is 173 cm³/mol. The highest BCUT2D eigenvalue weighted by Crippen LogP contribution is 2.45. The number of hydrogen-bond acceptors (Lipinski definition) is 10. The van der Waals surface area contributed by atoms with Crippen LogP contribution in [-0.4, -0.2) is 73.1 Å². The Bertz CT molecular complexity index is 1540. The van der Waals surface area contributed by atoms with E-state index in [-0.39, 0.29) is 29.6 Å². The molecule has 1 aromatic carbocycles. The monoisotopic (exact) mass is 620 g/mol. The highest BCUT2D eigenvalue weighted by atomic mass is 16.8. The van der Waals surface area contributed by atoms with E-state index >= 15 is 0 Å². The largest absolute Gasteiger partial charge is 0.397 e. The summed E-state index contributed by atoms with van der Waals surface area (Å²) in [6, 6.07) is 6.63. The van der Waals surface area contributed by atoms with Gasteiger partial charge in [-0.25, -0.2) is 15.0 Å². The van der Waals surface area contributed by atoms with Crippen LogP contribution in [0.25, 0.3) is 11.2 Å². The number of nitrogen functional groups attached to an aromatic ring is 2. The molecule has 3 aliphatic rings. The number of amides is 1. The number of hydrogen-bond donors (Lipinski definition) is 3. The van der Waals surface area contributed by atoms with Crippen molar-refractivity contribution in [1.29, 1.82) is 0 Å². The molecule has 2 aliphatic heterocycles. The molecule has 1 amide bonds. The molecule has 12 heteroatoms. The van der Waals surface area contributed by atoms with Crippen LogP contribution >= 0.6 is 0 Å². The van der Waals surface area contributed by atoms with Crippen LogP contribution in [0, 0.1) is 5.92 Å². The van der Waals surface area contributed by atoms with Gasteiger partial charge in [0.05, 0.1) is 17.7 Å². The Kier molecular flexibility index (Phi) is 8.30. The molecule has 1 saturated carbocycles. The van der Waals surface area contributed by atoms with Crippen LogP contribution in [0.4, 0.5) is 17.2 Å². The van der Waals surface area contributed by atoms with E-state index in [1.807, 2.05) is 36.6 Å². The second-order valence-corrected chi connectivity index (χ2v) is 14.6. The Labute approximate surface area is 265 Å². The number of imidazole rings is 1. The molecule has 4 heterocycles. The maximum atomic E-state index is 12.8. The standard InChI is InChI=1S/C33H48N8O4/c1-18(2)40(21-12-19(13-21)8-11-25(42)39-23-10-9-20(14-22(23)34)32(3,4)5)15-24-27-28(45-33(6,7)44-27)31(43-24)41-17-38-26-29(35)36-16-37-30(26)41/h9-10,14,16-19,21,24,27-28,31H,8,11-13,15,34H2,1-7H3,(H,39,42)(H2,35,36,37)/t19-,21+,24-,27-,28-,31?/m1/s1. The lowest BCUT2D eigenvalue weighted by Crippen LogP contribution is -2.52. The zero-order chi connectivity index (χ0) is 32.3. The van der Waals surface area contributed by atoms with Crippen LogP contribution in [0.2, 0.25) is 0 Å². The van der Waals surface area contributed by atoms with E-state index in [1.54, 1.807) is 6.33 Å². The summed E-state index contributed by atoms with van der Waals surface area (Å²) in [4.78, 5) is 28.2. The van der Waals surface area contributed by atoms with Crippen molar-refractivity contribution in [3.05, 3.63) is 36.4 Å². The second kappa shape index (κ2) is 11.8. The molecule has 2 aromatic heterocycles. The molecular weight excluding hydrogens is 572 g/mol. The first-order chi connectivity index (χ1) is 21.2. The number of ether oxygens (including phenoxy) is 3. The number of rotatable bonds is 9. The molecular formula is C33H48N8O4. The van der Waals surface area contributed by atoms with Crippen LogP contribution in [0.15, 0.2) is 30.9 Å². The Hall–Kier alpha value is -3.32. The Morgan fingerprint density at radius 1 is 1.13 bits per heavy atom. The van der Waals surface area contributed by atoms with Crippen LogP contribution in [0.1, 0.15) is 85.9 Å². The van der Waals surface area contributed by atoms with Crippen LogP contribution in [0.5, 0.6) is 0 Å². The first kappa shape index (κ1) is 31.7. The number of carbonyl (C=O) groups excluding carboxylic acids is 1. The summed E-state index contributed by atoms with van der Waals surface area (Å²) in [5.74, 6) is 0.103. The van der Waals surface area contributed by atoms with Crippen LogP contribution < -0.4 is 16.8 Å². The molecule has 2 saturated heterocycles. The number of fused-ring (bicyclic) bond motifs is 2. The minimum absolute atomic E-state index is 0.00244. The molecule has 5 N–H and O–H groups in total. The normalized spacial score (nSPS) is 27.7. The maximum absolute atomic E-state index is 12.8. The van der Waals surface area contributed by atoms with Gasteiger partial charge in [-0.3, -0.25) is 14.3 Å². The zero-order valence-electron chi connectivity index (χ0n) is 27.5. The average molecular weight is 621 g/mol. The topological polar surface area (TPSA) is 156 Å². The quantitative estimate of drug-likeness (QED) is 0.289. The number of nitrogens with zero attached hydrogens (tertiary/aromatic N) is 5. The maximum Gasteiger partial charge on any atom is 0.224 e. The minimum atomic E-state index is -0.732. The summed E-state index contributed by atoms with van der Waals surface area (Å²) in [5.41, 5.74) is 15.9. The smallest absolute Gasteiger partial charge is 0.224 e. The van der Waals surface area contributed by atoms with Crippen LogP contribution in [-0.2, 0) is 24.4 Å². The van der Waals surface area contributed by atoms with Crippen molar-refractivity contribution in [1.82, 2.24) is 24.4 Å². The average Bonchev–Trinajstić information content (AvgIpc) is 3.59. The summed E-state index contributed by atoms with van der Waals surface area (Å²) < 4.78 is 21.3. The molecule has 3 fully saturated rings. The fourth-order valence-corrected chi connectivity index (χ4v) is 6.97. The second-order valence-electron chi connectivity index (χ2n) is 14.6. The van der Waals surface area contributed by atoms with E-state index in [9.17, 15) is 4.79 Å². The fraction of sp³-hybridized carbons (Fsp3) is 0.636. The van der Waals surface area contributed by atoms with Gasteiger partial charge in [0.15, 0.2) is 23.5 Å². The molecule has 1 unspecified atom stereocenters. The lowest BCUT2D eigenvalue weighted by atomic mass is 9.76. The Morgan fingerprint density at radius 3 is 2.56 bits per heavy atom. The SMILES string of the molecule is CC(C)N(C[C@H]1OC(n2cnc3c(N)ncnc32)[C@@H]2OC(C)(C)O[C@H]12)[C@H]1C[C@@H](CCC(=O)Nc2ccc(C(C)(C)C)cc2N)C1. The fourth-order valence-electron chi connectivity index (χ4n) is 6.97. The van der Waals surface area contributed by atoms with E-state index in [1.165, 1.54) is 6.33 Å². The van der Waals surface area contributed by atoms with E-state index in [0.29, 0.717) is 59.3 Å². The molecule has 0 spiro atoms. The first-order valence-electron chi connectivity index (χ1n) is 16.1. The number of nitrogens with two attached hydrogens (primary N) is 2. The molecule has 12 nitrogen and oxygen atoms in total. The van der Waals surface area contributed by atoms with E-state index in [2.05, 4.69) is 59.8 Å². The molecule has 244 valence electrons. The molecule has 3 aromatic rings. The molecule has 0 bridgehead atoms.